The Balaban J connectivity index is 2.63. The fraction of sp³-hybridized carbons (Fsp3) is 0.650. The average molecular weight is 460 g/mol. The molecule has 0 fully saturated rings. The molecule has 0 aliphatic carbocycles. The molecule has 0 N–H and O–H groups in total. The second kappa shape index (κ2) is 14.0. The summed E-state index contributed by atoms with van der Waals surface area (Å²) < 4.78 is 32.9. The van der Waals surface area contributed by atoms with Crippen LogP contribution in [0.4, 0.5) is 5.69 Å². The van der Waals surface area contributed by atoms with Crippen LogP contribution in [0.2, 0.25) is 6.04 Å². The van der Waals surface area contributed by atoms with Gasteiger partial charge in [0.2, 0.25) is 0 Å². The lowest BCUT2D eigenvalue weighted by molar-refractivity contribution is -0.385. The van der Waals surface area contributed by atoms with Gasteiger partial charge < -0.3 is 27.5 Å². The number of nitro groups is 1. The summed E-state index contributed by atoms with van der Waals surface area (Å²) in [5, 5.41) is 11.3. The van der Waals surface area contributed by atoms with Gasteiger partial charge in [-0.15, -0.1) is 0 Å². The van der Waals surface area contributed by atoms with Crippen molar-refractivity contribution in [2.75, 3.05) is 34.0 Å². The number of methoxy groups -OCH3 is 2. The fourth-order valence-electron chi connectivity index (χ4n) is 3.04. The van der Waals surface area contributed by atoms with E-state index in [0.29, 0.717) is 44.5 Å². The highest BCUT2D eigenvalue weighted by Gasteiger charge is 2.39. The summed E-state index contributed by atoms with van der Waals surface area (Å²) in [7, 11) is 0.0853. The first-order chi connectivity index (χ1) is 14.9. The third-order valence-corrected chi connectivity index (χ3v) is 7.53. The van der Waals surface area contributed by atoms with Crippen LogP contribution in [-0.2, 0) is 29.4 Å². The largest absolute Gasteiger partial charge is 0.500 e. The van der Waals surface area contributed by atoms with Crippen LogP contribution in [0.15, 0.2) is 12.1 Å². The molecule has 1 rings (SSSR count). The minimum Gasteiger partial charge on any atom is -0.493 e. The molecule has 0 atom stereocenters. The molecular formula is C20H33NO9Si. The predicted molar refractivity (Wildman–Crippen MR) is 115 cm³/mol. The topological polar surface area (TPSA) is 116 Å². The third-order valence-electron chi connectivity index (χ3n) is 4.38. The Morgan fingerprint density at radius 2 is 1.52 bits per heavy atom. The maximum atomic E-state index is 12.1. The van der Waals surface area contributed by atoms with E-state index in [2.05, 4.69) is 0 Å². The van der Waals surface area contributed by atoms with Crippen LogP contribution in [0.3, 0.4) is 0 Å². The van der Waals surface area contributed by atoms with Gasteiger partial charge in [-0.25, -0.2) is 0 Å². The second-order valence-electron chi connectivity index (χ2n) is 6.44. The van der Waals surface area contributed by atoms with Crippen LogP contribution < -0.4 is 9.47 Å². The number of hydrogen-bond donors (Lipinski definition) is 0. The van der Waals surface area contributed by atoms with Crippen LogP contribution in [0.25, 0.3) is 0 Å². The van der Waals surface area contributed by atoms with Gasteiger partial charge >= 0.3 is 14.8 Å². The average Bonchev–Trinajstić information content (AvgIpc) is 2.75. The Labute approximate surface area is 184 Å². The molecule has 0 aromatic heterocycles. The molecule has 10 nitrogen and oxygen atoms in total. The van der Waals surface area contributed by atoms with E-state index in [9.17, 15) is 14.9 Å². The van der Waals surface area contributed by atoms with Crippen molar-refractivity contribution >= 4 is 20.5 Å². The van der Waals surface area contributed by atoms with Gasteiger partial charge in [-0.1, -0.05) is 0 Å². The highest BCUT2D eigenvalue weighted by atomic mass is 28.4. The molecule has 0 amide bonds. The van der Waals surface area contributed by atoms with Crippen molar-refractivity contribution in [2.24, 2.45) is 0 Å². The molecule has 1 aromatic rings. The van der Waals surface area contributed by atoms with Crippen LogP contribution in [-0.4, -0.2) is 53.7 Å². The zero-order valence-electron chi connectivity index (χ0n) is 18.9. The summed E-state index contributed by atoms with van der Waals surface area (Å²) in [4.78, 5) is 22.9. The quantitative estimate of drug-likeness (QED) is 0.119. The van der Waals surface area contributed by atoms with E-state index in [0.717, 1.165) is 0 Å². The summed E-state index contributed by atoms with van der Waals surface area (Å²) >= 11 is 0. The summed E-state index contributed by atoms with van der Waals surface area (Å²) in [5.41, 5.74) is 0.0258. The van der Waals surface area contributed by atoms with Crippen LogP contribution in [0, 0.1) is 10.1 Å². The fourth-order valence-corrected chi connectivity index (χ4v) is 5.72. The first-order valence-electron chi connectivity index (χ1n) is 10.3. The summed E-state index contributed by atoms with van der Waals surface area (Å²) in [6, 6.07) is 3.30. The predicted octanol–water partition coefficient (Wildman–Crippen LogP) is 3.87. The smallest absolute Gasteiger partial charge is 0.493 e. The molecule has 0 radical (unpaired) electrons. The molecule has 1 aromatic carbocycles. The Morgan fingerprint density at radius 3 is 2.00 bits per heavy atom. The Bertz CT molecular complexity index is 697. The molecule has 0 heterocycles. The van der Waals surface area contributed by atoms with Gasteiger partial charge in [-0.05, 0) is 39.7 Å². The number of carbonyl (C=O) groups excluding carboxylic acids is 1. The summed E-state index contributed by atoms with van der Waals surface area (Å²) in [5.74, 6) is 0.110. The Hall–Kier alpha value is -2.21. The molecule has 31 heavy (non-hydrogen) atoms. The van der Waals surface area contributed by atoms with Crippen LogP contribution in [0.1, 0.15) is 45.6 Å². The van der Waals surface area contributed by atoms with E-state index in [4.69, 9.17) is 27.5 Å². The van der Waals surface area contributed by atoms with Gasteiger partial charge in [-0.2, -0.15) is 0 Å². The summed E-state index contributed by atoms with van der Waals surface area (Å²) in [6.07, 6.45) is 1.42. The van der Waals surface area contributed by atoms with Gasteiger partial charge in [0.05, 0.1) is 30.8 Å². The van der Waals surface area contributed by atoms with Crippen molar-refractivity contribution in [1.29, 1.82) is 0 Å². The van der Waals surface area contributed by atoms with Crippen LogP contribution >= 0.6 is 0 Å². The minimum absolute atomic E-state index is 0.177. The van der Waals surface area contributed by atoms with Crippen molar-refractivity contribution in [3.8, 4) is 11.5 Å². The van der Waals surface area contributed by atoms with Crippen LogP contribution in [0.5, 0.6) is 11.5 Å². The minimum atomic E-state index is -2.73. The molecular weight excluding hydrogens is 426 g/mol. The van der Waals surface area contributed by atoms with Gasteiger partial charge in [-0.3, -0.25) is 14.9 Å². The SMILES string of the molecule is CCO[Si](CCCCC(=O)OCc1cc(OC)c(OC)cc1[N+](=O)[O-])(OCC)OCC. The molecule has 0 saturated heterocycles. The van der Waals surface area contributed by atoms with E-state index in [1.165, 1.54) is 26.4 Å². The van der Waals surface area contributed by atoms with E-state index in [1.54, 1.807) is 0 Å². The van der Waals surface area contributed by atoms with Gasteiger partial charge in [0.1, 0.15) is 6.61 Å². The molecule has 0 bridgehead atoms. The first-order valence-corrected chi connectivity index (χ1v) is 12.3. The van der Waals surface area contributed by atoms with Crippen molar-refractivity contribution in [2.45, 2.75) is 52.7 Å². The lowest BCUT2D eigenvalue weighted by Gasteiger charge is -2.28. The highest BCUT2D eigenvalue weighted by molar-refractivity contribution is 6.60. The number of rotatable bonds is 16. The number of esters is 1. The van der Waals surface area contributed by atoms with E-state index in [1.807, 2.05) is 20.8 Å². The van der Waals surface area contributed by atoms with Crippen molar-refractivity contribution in [3.63, 3.8) is 0 Å². The van der Waals surface area contributed by atoms with Crippen molar-refractivity contribution in [3.05, 3.63) is 27.8 Å². The maximum Gasteiger partial charge on any atom is 0.500 e. The van der Waals surface area contributed by atoms with E-state index in [-0.39, 0.29) is 30.0 Å². The maximum absolute atomic E-state index is 12.1. The van der Waals surface area contributed by atoms with Gasteiger partial charge in [0, 0.05) is 32.3 Å². The third kappa shape index (κ3) is 8.44. The molecule has 0 spiro atoms. The second-order valence-corrected chi connectivity index (χ2v) is 9.17. The normalized spacial score (nSPS) is 11.3. The number of unbranched alkanes of at least 4 members (excludes halogenated alkanes) is 1. The van der Waals surface area contributed by atoms with E-state index < -0.39 is 19.7 Å². The molecule has 176 valence electrons. The molecule has 0 aliphatic heterocycles. The lowest BCUT2D eigenvalue weighted by atomic mass is 10.1. The number of nitrogens with zero attached hydrogens (tertiary/aromatic N) is 1. The van der Waals surface area contributed by atoms with Gasteiger partial charge in [0.25, 0.3) is 5.69 Å². The zero-order chi connectivity index (χ0) is 23.3. The zero-order valence-corrected chi connectivity index (χ0v) is 19.9. The Kier molecular flexibility index (Phi) is 12.1. The summed E-state index contributed by atoms with van der Waals surface area (Å²) in [6.45, 7) is 6.94. The lowest BCUT2D eigenvalue weighted by Crippen LogP contribution is -2.45. The molecule has 0 aliphatic rings. The Morgan fingerprint density at radius 1 is 0.968 bits per heavy atom. The molecule has 0 saturated carbocycles. The first kappa shape index (κ1) is 26.8. The number of nitro benzene ring substituents is 1. The van der Waals surface area contributed by atoms with Crippen molar-refractivity contribution in [1.82, 2.24) is 0 Å². The standard InChI is InChI=1S/C20H33NO9Si/c1-6-28-31(29-7-2,30-8-3)12-10-9-11-20(22)27-15-16-13-18(25-4)19(26-5)14-17(16)21(23)24/h13-14H,6-12,15H2,1-5H3. The molecule has 0 unspecified atom stereocenters. The highest BCUT2D eigenvalue weighted by Crippen LogP contribution is 2.34. The number of ether oxygens (including phenoxy) is 3. The van der Waals surface area contributed by atoms with E-state index >= 15 is 0 Å². The number of carbonyl (C=O) groups is 1. The van der Waals surface area contributed by atoms with Gasteiger partial charge in [0.15, 0.2) is 11.5 Å². The molecule has 11 heteroatoms. The monoisotopic (exact) mass is 459 g/mol. The van der Waals surface area contributed by atoms with Crippen molar-refractivity contribution < 1.29 is 37.2 Å². The number of hydrogen-bond acceptors (Lipinski definition) is 9. The number of benzene rings is 1.